The van der Waals surface area contributed by atoms with Gasteiger partial charge in [0, 0.05) is 5.02 Å². The summed E-state index contributed by atoms with van der Waals surface area (Å²) < 4.78 is 10.4. The molecule has 1 heterocycles. The molecule has 0 spiro atoms. The standard InChI is InChI=1S/C20H16ClNO6S/c1-27-16-8-13(4-7-15(16)28-11-18(23)24)9-17-19(25)22(20(26)29-17)10-12-2-5-14(21)6-3-12/h2-9H,10-11H2,1H3,(H,23,24)/b17-9-. The molecule has 3 rings (SSSR count). The molecular weight excluding hydrogens is 418 g/mol. The third-order valence-corrected chi connectivity index (χ3v) is 5.12. The van der Waals surface area contributed by atoms with Gasteiger partial charge in [-0.25, -0.2) is 4.79 Å². The number of carboxylic acids is 1. The number of methoxy groups -OCH3 is 1. The van der Waals surface area contributed by atoms with Crippen LogP contribution in [0.1, 0.15) is 11.1 Å². The number of benzene rings is 2. The Bertz CT molecular complexity index is 989. The smallest absolute Gasteiger partial charge is 0.341 e. The van der Waals surface area contributed by atoms with Gasteiger partial charge in [-0.05, 0) is 53.2 Å². The van der Waals surface area contributed by atoms with Crippen LogP contribution in [0.4, 0.5) is 4.79 Å². The third-order valence-electron chi connectivity index (χ3n) is 3.96. The fraction of sp³-hybridized carbons (Fsp3) is 0.150. The van der Waals surface area contributed by atoms with Crippen molar-refractivity contribution < 1.29 is 29.0 Å². The van der Waals surface area contributed by atoms with Crippen LogP contribution in [0.25, 0.3) is 6.08 Å². The molecule has 7 nitrogen and oxygen atoms in total. The van der Waals surface area contributed by atoms with E-state index in [1.54, 1.807) is 48.5 Å². The van der Waals surface area contributed by atoms with Crippen LogP contribution < -0.4 is 9.47 Å². The highest BCUT2D eigenvalue weighted by molar-refractivity contribution is 8.18. The van der Waals surface area contributed by atoms with Gasteiger partial charge in [0.25, 0.3) is 11.1 Å². The maximum atomic E-state index is 12.7. The van der Waals surface area contributed by atoms with Crippen LogP contribution >= 0.6 is 23.4 Å². The summed E-state index contributed by atoms with van der Waals surface area (Å²) in [6, 6.07) is 11.7. The number of rotatable bonds is 7. The van der Waals surface area contributed by atoms with Gasteiger partial charge in [-0.3, -0.25) is 14.5 Å². The van der Waals surface area contributed by atoms with Gasteiger partial charge in [-0.15, -0.1) is 0 Å². The molecular formula is C20H16ClNO6S. The second-order valence-electron chi connectivity index (χ2n) is 5.99. The molecule has 0 unspecified atom stereocenters. The molecule has 0 aromatic heterocycles. The predicted octanol–water partition coefficient (Wildman–Crippen LogP) is 4.05. The molecule has 0 saturated carbocycles. The van der Waals surface area contributed by atoms with E-state index in [-0.39, 0.29) is 28.3 Å². The highest BCUT2D eigenvalue weighted by atomic mass is 35.5. The molecule has 0 radical (unpaired) electrons. The van der Waals surface area contributed by atoms with Crippen molar-refractivity contribution in [3.63, 3.8) is 0 Å². The number of ether oxygens (including phenoxy) is 2. The number of nitrogens with zero attached hydrogens (tertiary/aromatic N) is 1. The maximum Gasteiger partial charge on any atom is 0.341 e. The van der Waals surface area contributed by atoms with E-state index in [9.17, 15) is 14.4 Å². The lowest BCUT2D eigenvalue weighted by Crippen LogP contribution is -2.27. The molecule has 1 fully saturated rings. The monoisotopic (exact) mass is 433 g/mol. The molecule has 29 heavy (non-hydrogen) atoms. The van der Waals surface area contributed by atoms with E-state index in [0.29, 0.717) is 16.3 Å². The normalized spacial score (nSPS) is 15.1. The van der Waals surface area contributed by atoms with Crippen LogP contribution in [-0.2, 0) is 16.1 Å². The van der Waals surface area contributed by atoms with E-state index in [1.165, 1.54) is 12.0 Å². The Morgan fingerprint density at radius 1 is 1.17 bits per heavy atom. The first-order valence-corrected chi connectivity index (χ1v) is 9.59. The Labute approximate surface area is 175 Å². The highest BCUT2D eigenvalue weighted by Crippen LogP contribution is 2.35. The number of imide groups is 1. The van der Waals surface area contributed by atoms with Crippen molar-refractivity contribution in [2.75, 3.05) is 13.7 Å². The van der Waals surface area contributed by atoms with E-state index in [0.717, 1.165) is 17.3 Å². The zero-order valence-corrected chi connectivity index (χ0v) is 16.8. The van der Waals surface area contributed by atoms with Crippen LogP contribution in [0, 0.1) is 0 Å². The molecule has 2 aromatic carbocycles. The number of carbonyl (C=O) groups excluding carboxylic acids is 2. The summed E-state index contributed by atoms with van der Waals surface area (Å²) >= 11 is 6.71. The Kier molecular flexibility index (Phi) is 6.46. The molecule has 0 aliphatic carbocycles. The number of aliphatic carboxylic acids is 1. The lowest BCUT2D eigenvalue weighted by atomic mass is 10.1. The van der Waals surface area contributed by atoms with Gasteiger partial charge >= 0.3 is 5.97 Å². The quantitative estimate of drug-likeness (QED) is 0.658. The number of hydrogen-bond acceptors (Lipinski definition) is 6. The van der Waals surface area contributed by atoms with Crippen molar-refractivity contribution in [1.82, 2.24) is 4.90 Å². The molecule has 2 aromatic rings. The van der Waals surface area contributed by atoms with Gasteiger partial charge in [0.15, 0.2) is 18.1 Å². The maximum absolute atomic E-state index is 12.7. The minimum absolute atomic E-state index is 0.157. The molecule has 1 aliphatic heterocycles. The molecule has 2 amide bonds. The Hall–Kier alpha value is -2.97. The van der Waals surface area contributed by atoms with E-state index >= 15 is 0 Å². The zero-order valence-electron chi connectivity index (χ0n) is 15.3. The van der Waals surface area contributed by atoms with Crippen LogP contribution in [0.3, 0.4) is 0 Å². The first-order chi connectivity index (χ1) is 13.9. The summed E-state index contributed by atoms with van der Waals surface area (Å²) in [4.78, 5) is 37.0. The summed E-state index contributed by atoms with van der Waals surface area (Å²) in [5, 5.41) is 8.94. The molecule has 0 bridgehead atoms. The molecule has 9 heteroatoms. The van der Waals surface area contributed by atoms with Crippen LogP contribution in [0.15, 0.2) is 47.4 Å². The predicted molar refractivity (Wildman–Crippen MR) is 109 cm³/mol. The topological polar surface area (TPSA) is 93.1 Å². The first kappa shape index (κ1) is 20.8. The zero-order chi connectivity index (χ0) is 21.0. The highest BCUT2D eigenvalue weighted by Gasteiger charge is 2.35. The van der Waals surface area contributed by atoms with Crippen LogP contribution in [0.5, 0.6) is 11.5 Å². The molecule has 1 N–H and O–H groups in total. The summed E-state index contributed by atoms with van der Waals surface area (Å²) in [7, 11) is 1.42. The second-order valence-corrected chi connectivity index (χ2v) is 7.42. The summed E-state index contributed by atoms with van der Waals surface area (Å²) in [5.41, 5.74) is 1.40. The summed E-state index contributed by atoms with van der Waals surface area (Å²) in [6.07, 6.45) is 1.58. The van der Waals surface area contributed by atoms with Crippen molar-refractivity contribution in [3.05, 3.63) is 63.5 Å². The lowest BCUT2D eigenvalue weighted by Gasteiger charge is -2.12. The van der Waals surface area contributed by atoms with Gasteiger partial charge in [-0.2, -0.15) is 0 Å². The SMILES string of the molecule is COc1cc(/C=C2\SC(=O)N(Cc3ccc(Cl)cc3)C2=O)ccc1OCC(=O)O. The minimum atomic E-state index is -1.11. The van der Waals surface area contributed by atoms with Gasteiger partial charge < -0.3 is 14.6 Å². The molecule has 150 valence electrons. The van der Waals surface area contributed by atoms with E-state index in [2.05, 4.69) is 0 Å². The Balaban J connectivity index is 1.78. The summed E-state index contributed by atoms with van der Waals surface area (Å²) in [6.45, 7) is -0.343. The second kappa shape index (κ2) is 9.02. The fourth-order valence-electron chi connectivity index (χ4n) is 2.59. The van der Waals surface area contributed by atoms with Crippen molar-refractivity contribution >= 4 is 46.6 Å². The van der Waals surface area contributed by atoms with Crippen LogP contribution in [0.2, 0.25) is 5.02 Å². The average Bonchev–Trinajstić information content (AvgIpc) is 2.95. The number of carbonyl (C=O) groups is 3. The van der Waals surface area contributed by atoms with Gasteiger partial charge in [0.05, 0.1) is 18.6 Å². The minimum Gasteiger partial charge on any atom is -0.493 e. The fourth-order valence-corrected chi connectivity index (χ4v) is 3.56. The largest absolute Gasteiger partial charge is 0.493 e. The Morgan fingerprint density at radius 3 is 2.55 bits per heavy atom. The first-order valence-electron chi connectivity index (χ1n) is 8.40. The van der Waals surface area contributed by atoms with Gasteiger partial charge in [0.1, 0.15) is 0 Å². The third kappa shape index (κ3) is 5.10. The van der Waals surface area contributed by atoms with Gasteiger partial charge in [-0.1, -0.05) is 29.8 Å². The lowest BCUT2D eigenvalue weighted by molar-refractivity contribution is -0.139. The molecule has 1 saturated heterocycles. The number of thioether (sulfide) groups is 1. The Morgan fingerprint density at radius 2 is 1.90 bits per heavy atom. The summed E-state index contributed by atoms with van der Waals surface area (Å²) in [5.74, 6) is -0.908. The molecule has 1 aliphatic rings. The van der Waals surface area contributed by atoms with Crippen molar-refractivity contribution in [1.29, 1.82) is 0 Å². The van der Waals surface area contributed by atoms with Crippen LogP contribution in [-0.4, -0.2) is 40.8 Å². The number of halogens is 1. The number of hydrogen-bond donors (Lipinski definition) is 1. The van der Waals surface area contributed by atoms with Crippen molar-refractivity contribution in [3.8, 4) is 11.5 Å². The van der Waals surface area contributed by atoms with E-state index in [4.69, 9.17) is 26.2 Å². The van der Waals surface area contributed by atoms with Crippen molar-refractivity contribution in [2.24, 2.45) is 0 Å². The van der Waals surface area contributed by atoms with E-state index < -0.39 is 12.6 Å². The van der Waals surface area contributed by atoms with E-state index in [1.807, 2.05) is 0 Å². The van der Waals surface area contributed by atoms with Gasteiger partial charge in [0.2, 0.25) is 0 Å². The average molecular weight is 434 g/mol. The number of carboxylic acid groups (broad SMARTS) is 1. The number of amides is 2. The molecule has 0 atom stereocenters. The van der Waals surface area contributed by atoms with Crippen molar-refractivity contribution in [2.45, 2.75) is 6.54 Å².